The van der Waals surface area contributed by atoms with Gasteiger partial charge in [0, 0.05) is 28.8 Å². The van der Waals surface area contributed by atoms with Crippen LogP contribution in [0.4, 0.5) is 4.39 Å². The minimum atomic E-state index is -0.282. The van der Waals surface area contributed by atoms with Crippen molar-refractivity contribution >= 4 is 11.3 Å². The van der Waals surface area contributed by atoms with Crippen molar-refractivity contribution in [3.8, 4) is 5.75 Å². The van der Waals surface area contributed by atoms with E-state index in [0.29, 0.717) is 12.2 Å². The van der Waals surface area contributed by atoms with E-state index in [0.717, 1.165) is 16.3 Å². The second kappa shape index (κ2) is 5.07. The number of aromatic nitrogens is 1. The molecule has 0 aliphatic carbocycles. The van der Waals surface area contributed by atoms with Crippen LogP contribution in [0.3, 0.4) is 0 Å². The highest BCUT2D eigenvalue weighted by atomic mass is 32.1. The van der Waals surface area contributed by atoms with E-state index in [-0.39, 0.29) is 23.4 Å². The molecule has 1 aromatic carbocycles. The highest BCUT2D eigenvalue weighted by molar-refractivity contribution is 7.09. The van der Waals surface area contributed by atoms with Crippen molar-refractivity contribution in [3.63, 3.8) is 0 Å². The highest BCUT2D eigenvalue weighted by Crippen LogP contribution is 2.40. The summed E-state index contributed by atoms with van der Waals surface area (Å²) in [5, 5.41) is 3.12. The quantitative estimate of drug-likeness (QED) is 0.862. The van der Waals surface area contributed by atoms with Crippen LogP contribution in [0.2, 0.25) is 0 Å². The fourth-order valence-electron chi connectivity index (χ4n) is 2.44. The molecule has 2 heterocycles. The molecular formula is C16H19FN2OS. The molecule has 1 unspecified atom stereocenters. The molecule has 2 atom stereocenters. The molecule has 1 aliphatic heterocycles. The maximum Gasteiger partial charge on any atom is 0.143 e. The van der Waals surface area contributed by atoms with Crippen molar-refractivity contribution in [2.45, 2.75) is 44.8 Å². The van der Waals surface area contributed by atoms with E-state index in [1.165, 1.54) is 12.1 Å². The lowest BCUT2D eigenvalue weighted by Crippen LogP contribution is -2.24. The SMILES string of the molecule is CC(C)(C)c1nc(C2C[C@H](N)c3cc(F)ccc3O2)cs1. The topological polar surface area (TPSA) is 48.1 Å². The molecule has 0 spiro atoms. The molecule has 3 rings (SSSR count). The average Bonchev–Trinajstić information content (AvgIpc) is 2.89. The zero-order valence-corrected chi connectivity index (χ0v) is 13.2. The minimum Gasteiger partial charge on any atom is -0.484 e. The van der Waals surface area contributed by atoms with Crippen LogP contribution >= 0.6 is 11.3 Å². The predicted molar refractivity (Wildman–Crippen MR) is 82.1 cm³/mol. The van der Waals surface area contributed by atoms with Gasteiger partial charge in [0.05, 0.1) is 10.7 Å². The van der Waals surface area contributed by atoms with Crippen LogP contribution in [0.25, 0.3) is 0 Å². The fourth-order valence-corrected chi connectivity index (χ4v) is 3.38. The Morgan fingerprint density at radius 2 is 2.14 bits per heavy atom. The minimum absolute atomic E-state index is 0.0285. The molecule has 21 heavy (non-hydrogen) atoms. The zero-order chi connectivity index (χ0) is 15.2. The molecule has 2 N–H and O–H groups in total. The molecule has 0 amide bonds. The van der Waals surface area contributed by atoms with Gasteiger partial charge in [-0.25, -0.2) is 9.37 Å². The number of halogens is 1. The van der Waals surface area contributed by atoms with Gasteiger partial charge in [0.1, 0.15) is 17.7 Å². The largest absolute Gasteiger partial charge is 0.484 e. The first kappa shape index (κ1) is 14.5. The number of thiazole rings is 1. The molecule has 0 saturated carbocycles. The van der Waals surface area contributed by atoms with E-state index in [2.05, 4.69) is 20.8 Å². The van der Waals surface area contributed by atoms with Gasteiger partial charge in [-0.2, -0.15) is 0 Å². The molecule has 3 nitrogen and oxygen atoms in total. The summed E-state index contributed by atoms with van der Waals surface area (Å²) in [5.74, 6) is 0.375. The van der Waals surface area contributed by atoms with Crippen molar-refractivity contribution in [2.24, 2.45) is 5.73 Å². The molecule has 0 radical (unpaired) electrons. The van der Waals surface area contributed by atoms with Gasteiger partial charge in [-0.05, 0) is 18.2 Å². The number of hydrogen-bond donors (Lipinski definition) is 1. The van der Waals surface area contributed by atoms with Crippen LogP contribution in [0.1, 0.15) is 55.6 Å². The summed E-state index contributed by atoms with van der Waals surface area (Å²) in [4.78, 5) is 4.69. The van der Waals surface area contributed by atoms with Gasteiger partial charge in [-0.1, -0.05) is 20.8 Å². The van der Waals surface area contributed by atoms with Crippen LogP contribution < -0.4 is 10.5 Å². The average molecular weight is 306 g/mol. The first-order chi connectivity index (χ1) is 9.84. The fraction of sp³-hybridized carbons (Fsp3) is 0.438. The highest BCUT2D eigenvalue weighted by Gasteiger charge is 2.30. The summed E-state index contributed by atoms with van der Waals surface area (Å²) in [7, 11) is 0. The number of hydrogen-bond acceptors (Lipinski definition) is 4. The lowest BCUT2D eigenvalue weighted by atomic mass is 9.95. The Labute approximate surface area is 128 Å². The van der Waals surface area contributed by atoms with Crippen LogP contribution in [-0.2, 0) is 5.41 Å². The summed E-state index contributed by atoms with van der Waals surface area (Å²) in [6.07, 6.45) is 0.453. The van der Waals surface area contributed by atoms with Gasteiger partial charge in [-0.3, -0.25) is 0 Å². The Kier molecular flexibility index (Phi) is 3.50. The van der Waals surface area contributed by atoms with Crippen molar-refractivity contribution in [1.29, 1.82) is 0 Å². The Hall–Kier alpha value is -1.46. The van der Waals surface area contributed by atoms with Crippen molar-refractivity contribution in [3.05, 3.63) is 45.7 Å². The smallest absolute Gasteiger partial charge is 0.143 e. The van der Waals surface area contributed by atoms with E-state index in [1.807, 2.05) is 5.38 Å². The van der Waals surface area contributed by atoms with E-state index in [4.69, 9.17) is 15.5 Å². The van der Waals surface area contributed by atoms with Gasteiger partial charge in [0.2, 0.25) is 0 Å². The number of nitrogens with zero attached hydrogens (tertiary/aromatic N) is 1. The van der Waals surface area contributed by atoms with Gasteiger partial charge in [0.15, 0.2) is 0 Å². The summed E-state index contributed by atoms with van der Waals surface area (Å²) >= 11 is 1.64. The van der Waals surface area contributed by atoms with Crippen molar-refractivity contribution < 1.29 is 9.13 Å². The first-order valence-corrected chi connectivity index (χ1v) is 7.90. The van der Waals surface area contributed by atoms with E-state index in [1.54, 1.807) is 17.4 Å². The molecule has 2 aromatic rings. The van der Waals surface area contributed by atoms with E-state index < -0.39 is 0 Å². The molecule has 0 bridgehead atoms. The lowest BCUT2D eigenvalue weighted by molar-refractivity contribution is 0.157. The molecule has 5 heteroatoms. The van der Waals surface area contributed by atoms with Crippen LogP contribution in [0.15, 0.2) is 23.6 Å². The third-order valence-electron chi connectivity index (χ3n) is 3.60. The Morgan fingerprint density at radius 1 is 1.38 bits per heavy atom. The van der Waals surface area contributed by atoms with Gasteiger partial charge < -0.3 is 10.5 Å². The number of fused-ring (bicyclic) bond motifs is 1. The summed E-state index contributed by atoms with van der Waals surface area (Å²) < 4.78 is 19.3. The van der Waals surface area contributed by atoms with Crippen LogP contribution in [-0.4, -0.2) is 4.98 Å². The first-order valence-electron chi connectivity index (χ1n) is 7.02. The van der Waals surface area contributed by atoms with Gasteiger partial charge >= 0.3 is 0 Å². The second-order valence-corrected chi connectivity index (χ2v) is 7.32. The monoisotopic (exact) mass is 306 g/mol. The lowest BCUT2D eigenvalue weighted by Gasteiger charge is -2.29. The molecule has 112 valence electrons. The second-order valence-electron chi connectivity index (χ2n) is 6.46. The Bertz CT molecular complexity index is 663. The maximum atomic E-state index is 13.3. The maximum absolute atomic E-state index is 13.3. The van der Waals surface area contributed by atoms with Gasteiger partial charge in [-0.15, -0.1) is 11.3 Å². The number of benzene rings is 1. The van der Waals surface area contributed by atoms with E-state index in [9.17, 15) is 4.39 Å². The summed E-state index contributed by atoms with van der Waals surface area (Å²) in [5.41, 5.74) is 7.84. The van der Waals surface area contributed by atoms with Crippen LogP contribution in [0.5, 0.6) is 5.75 Å². The van der Waals surface area contributed by atoms with E-state index >= 15 is 0 Å². The molecule has 0 saturated heterocycles. The third-order valence-corrected chi connectivity index (χ3v) is 4.89. The summed E-state index contributed by atoms with van der Waals surface area (Å²) in [6.45, 7) is 6.42. The number of rotatable bonds is 1. The van der Waals surface area contributed by atoms with Crippen LogP contribution in [0, 0.1) is 5.82 Å². The summed E-state index contributed by atoms with van der Waals surface area (Å²) in [6, 6.07) is 4.27. The van der Waals surface area contributed by atoms with Crippen molar-refractivity contribution in [2.75, 3.05) is 0 Å². The molecule has 0 fully saturated rings. The molecular weight excluding hydrogens is 287 g/mol. The standard InChI is InChI=1S/C16H19FN2OS/c1-16(2,3)15-19-12(8-21-15)14-7-11(18)10-6-9(17)4-5-13(10)20-14/h4-6,8,11,14H,7,18H2,1-3H3/t11-,14?/m0/s1. The predicted octanol–water partition coefficient (Wildman–Crippen LogP) is 4.10. The zero-order valence-electron chi connectivity index (χ0n) is 12.4. The normalized spacial score (nSPS) is 21.8. The Balaban J connectivity index is 1.89. The molecule has 1 aliphatic rings. The number of nitrogens with two attached hydrogens (primary N) is 1. The number of ether oxygens (including phenoxy) is 1. The van der Waals surface area contributed by atoms with Gasteiger partial charge in [0.25, 0.3) is 0 Å². The van der Waals surface area contributed by atoms with Crippen molar-refractivity contribution in [1.82, 2.24) is 4.98 Å². The molecule has 1 aromatic heterocycles. The third kappa shape index (κ3) is 2.80. The Morgan fingerprint density at radius 3 is 2.81 bits per heavy atom.